The Morgan fingerprint density at radius 1 is 0.877 bits per heavy atom. The summed E-state index contributed by atoms with van der Waals surface area (Å²) in [6, 6.07) is 33.6. The molecule has 65 heavy (non-hydrogen) atoms. The van der Waals surface area contributed by atoms with E-state index in [4.69, 9.17) is 33.7 Å². The Balaban J connectivity index is 1.31. The van der Waals surface area contributed by atoms with Crippen molar-refractivity contribution in [1.29, 1.82) is 0 Å². The van der Waals surface area contributed by atoms with Crippen LogP contribution >= 0.6 is 0 Å². The Labute approximate surface area is 384 Å². The summed E-state index contributed by atoms with van der Waals surface area (Å²) in [6.45, 7) is 9.83. The second-order valence-corrected chi connectivity index (χ2v) is 17.0. The van der Waals surface area contributed by atoms with E-state index in [-0.39, 0.29) is 50.8 Å². The molecule has 6 atom stereocenters. The number of oxime groups is 1. The average Bonchev–Trinajstić information content (AvgIpc) is 3.34. The first-order chi connectivity index (χ1) is 31.9. The number of nitrogens with zero attached hydrogens (tertiary/aromatic N) is 2. The Kier molecular flexibility index (Phi) is 17.3. The van der Waals surface area contributed by atoms with Gasteiger partial charge in [0.25, 0.3) is 0 Å². The molecular formula is C54H66N2O9. The van der Waals surface area contributed by atoms with Gasteiger partial charge in [0.2, 0.25) is 5.79 Å². The van der Waals surface area contributed by atoms with Gasteiger partial charge in [-0.2, -0.15) is 0 Å². The molecule has 0 saturated heterocycles. The van der Waals surface area contributed by atoms with E-state index in [1.165, 1.54) is 0 Å². The number of hydrogen-bond donors (Lipinski definition) is 2. The highest BCUT2D eigenvalue weighted by atomic mass is 16.7. The van der Waals surface area contributed by atoms with Crippen molar-refractivity contribution in [2.45, 2.75) is 89.6 Å². The van der Waals surface area contributed by atoms with Gasteiger partial charge < -0.3 is 38.7 Å². The minimum atomic E-state index is -1.39. The molecule has 1 aliphatic heterocycles. The first-order valence-electron chi connectivity index (χ1n) is 23.5. The van der Waals surface area contributed by atoms with Crippen LogP contribution in [-0.2, 0) is 25.7 Å². The van der Waals surface area contributed by atoms with E-state index < -0.39 is 23.8 Å². The van der Waals surface area contributed by atoms with Crippen molar-refractivity contribution in [2.24, 2.45) is 22.9 Å². The number of amides is 1. The monoisotopic (exact) mass is 886 g/mol. The van der Waals surface area contributed by atoms with Crippen molar-refractivity contribution in [3.63, 3.8) is 0 Å². The first-order valence-corrected chi connectivity index (χ1v) is 23.5. The van der Waals surface area contributed by atoms with E-state index in [9.17, 15) is 15.0 Å². The molecule has 346 valence electrons. The molecule has 11 nitrogen and oxygen atoms in total. The molecule has 2 N–H and O–H groups in total. The molecule has 1 heterocycles. The van der Waals surface area contributed by atoms with Gasteiger partial charge in [0.15, 0.2) is 0 Å². The molecule has 0 bridgehead atoms. The topological polar surface area (TPSA) is 129 Å². The van der Waals surface area contributed by atoms with Crippen LogP contribution in [0.15, 0.2) is 133 Å². The summed E-state index contributed by atoms with van der Waals surface area (Å²) >= 11 is 0. The molecule has 7 rings (SSSR count). The molecule has 3 aliphatic rings. The van der Waals surface area contributed by atoms with Crippen molar-refractivity contribution < 1.29 is 43.5 Å². The summed E-state index contributed by atoms with van der Waals surface area (Å²) < 4.78 is 33.0. The predicted molar refractivity (Wildman–Crippen MR) is 253 cm³/mol. The molecule has 1 amide bonds. The van der Waals surface area contributed by atoms with Crippen molar-refractivity contribution in [2.75, 3.05) is 46.2 Å². The minimum Gasteiger partial charge on any atom is -0.459 e. The minimum absolute atomic E-state index is 0.0696. The molecule has 0 spiro atoms. The van der Waals surface area contributed by atoms with Gasteiger partial charge in [0.05, 0.1) is 31.5 Å². The number of rotatable bonds is 24. The van der Waals surface area contributed by atoms with Gasteiger partial charge in [0, 0.05) is 37.7 Å². The lowest BCUT2D eigenvalue weighted by molar-refractivity contribution is -0.255. The van der Waals surface area contributed by atoms with Gasteiger partial charge in [0.1, 0.15) is 36.5 Å². The maximum Gasteiger partial charge on any atom is 0.410 e. The van der Waals surface area contributed by atoms with E-state index in [0.29, 0.717) is 62.7 Å². The smallest absolute Gasteiger partial charge is 0.410 e. The quantitative estimate of drug-likeness (QED) is 0.0401. The van der Waals surface area contributed by atoms with Crippen molar-refractivity contribution in [1.82, 2.24) is 4.90 Å². The standard InChI is InChI=1S/C54H66N2O9/c1-4-29-56(53(59)61-34-33-60-38-39-17-9-7-10-18-39)50-37-48(55-63-6-3)46-35-42(21-13-15-30-57)45(22-14-16-31-58)51-47-36-44(27-28-49(47)65-54(50,52(46)51)62-32-5-2)64-43-25-23-41(24-26-43)40-19-11-8-12-20-40/h5,7-12,17-20,23-28,35-36,42,45,50-52,57-58H,2,4,6,13-16,21-22,29-34,37-38H2,1,3H3. The summed E-state index contributed by atoms with van der Waals surface area (Å²) in [5, 5.41) is 24.7. The number of fused-ring (bicyclic) bond motifs is 2. The number of carbonyl (C=O) groups is 1. The lowest BCUT2D eigenvalue weighted by Gasteiger charge is -2.59. The van der Waals surface area contributed by atoms with Crippen LogP contribution < -0.4 is 9.47 Å². The van der Waals surface area contributed by atoms with E-state index in [2.05, 4.69) is 43.0 Å². The van der Waals surface area contributed by atoms with Crippen LogP contribution in [0, 0.1) is 17.8 Å². The second-order valence-electron chi connectivity index (χ2n) is 17.0. The molecule has 0 aromatic heterocycles. The zero-order chi connectivity index (χ0) is 45.4. The third kappa shape index (κ3) is 11.3. The number of benzene rings is 4. The molecule has 1 saturated carbocycles. The molecule has 4 aromatic rings. The van der Waals surface area contributed by atoms with Gasteiger partial charge >= 0.3 is 6.09 Å². The molecule has 11 heteroatoms. The van der Waals surface area contributed by atoms with Crippen LogP contribution in [0.4, 0.5) is 4.79 Å². The van der Waals surface area contributed by atoms with Gasteiger partial charge in [-0.05, 0) is 103 Å². The number of carbonyl (C=O) groups excluding carboxylic acids is 1. The van der Waals surface area contributed by atoms with Crippen LogP contribution in [0.2, 0.25) is 0 Å². The van der Waals surface area contributed by atoms with E-state index in [1.807, 2.05) is 86.6 Å². The van der Waals surface area contributed by atoms with Crippen LogP contribution in [-0.4, -0.2) is 84.9 Å². The third-order valence-electron chi connectivity index (χ3n) is 12.8. The summed E-state index contributed by atoms with van der Waals surface area (Å²) in [7, 11) is 0. The molecule has 6 unspecified atom stereocenters. The Morgan fingerprint density at radius 2 is 1.58 bits per heavy atom. The zero-order valence-electron chi connectivity index (χ0n) is 38.0. The fourth-order valence-corrected chi connectivity index (χ4v) is 9.99. The van der Waals surface area contributed by atoms with E-state index in [0.717, 1.165) is 59.2 Å². The number of ether oxygens (including phenoxy) is 5. The molecule has 4 aromatic carbocycles. The van der Waals surface area contributed by atoms with E-state index >= 15 is 0 Å². The molecular weight excluding hydrogens is 821 g/mol. The van der Waals surface area contributed by atoms with Crippen molar-refractivity contribution in [3.8, 4) is 28.4 Å². The fraction of sp³-hybridized carbons (Fsp3) is 0.444. The average molecular weight is 887 g/mol. The highest BCUT2D eigenvalue weighted by Gasteiger charge is 2.65. The van der Waals surface area contributed by atoms with Crippen LogP contribution in [0.1, 0.15) is 82.3 Å². The highest BCUT2D eigenvalue weighted by Crippen LogP contribution is 2.62. The molecule has 2 aliphatic carbocycles. The fourth-order valence-electron chi connectivity index (χ4n) is 9.99. The summed E-state index contributed by atoms with van der Waals surface area (Å²) in [5.41, 5.74) is 5.96. The SMILES string of the molecule is C=CCOC12Oc3ccc(Oc4ccc(-c5ccccc5)cc4)cc3C3C(CCCCO)C(CCCCO)C=C(C(=NOCC)CC1N(CCC)C(=O)OCCOCc1ccccc1)C32. The molecule has 1 fully saturated rings. The third-order valence-corrected chi connectivity index (χ3v) is 12.8. The maximum absolute atomic E-state index is 14.5. The van der Waals surface area contributed by atoms with Crippen LogP contribution in [0.25, 0.3) is 11.1 Å². The van der Waals surface area contributed by atoms with Gasteiger partial charge in [-0.1, -0.05) is 110 Å². The number of allylic oxidation sites excluding steroid dienone is 1. The number of unbranched alkanes of at least 4 members (excludes halogenated alkanes) is 2. The van der Waals surface area contributed by atoms with Crippen LogP contribution in [0.5, 0.6) is 17.2 Å². The lowest BCUT2D eigenvalue weighted by atomic mass is 9.55. The largest absolute Gasteiger partial charge is 0.459 e. The maximum atomic E-state index is 14.5. The normalized spacial score (nSPS) is 22.5. The summed E-state index contributed by atoms with van der Waals surface area (Å²) in [4.78, 5) is 22.1. The van der Waals surface area contributed by atoms with Crippen molar-refractivity contribution in [3.05, 3.63) is 139 Å². The van der Waals surface area contributed by atoms with Gasteiger partial charge in [-0.15, -0.1) is 6.58 Å². The Hall–Kier alpha value is -5.46. The summed E-state index contributed by atoms with van der Waals surface area (Å²) in [6.07, 6.45) is 9.21. The lowest BCUT2D eigenvalue weighted by Crippen LogP contribution is -2.70. The Morgan fingerprint density at radius 3 is 2.29 bits per heavy atom. The van der Waals surface area contributed by atoms with Crippen LogP contribution in [0.3, 0.4) is 0 Å². The summed E-state index contributed by atoms with van der Waals surface area (Å²) in [5.74, 6) is 0.186. The number of aliphatic hydroxyl groups excluding tert-OH is 2. The molecule has 0 radical (unpaired) electrons. The van der Waals surface area contributed by atoms with Crippen molar-refractivity contribution >= 4 is 11.8 Å². The number of hydrogen-bond acceptors (Lipinski definition) is 10. The van der Waals surface area contributed by atoms with E-state index in [1.54, 1.807) is 11.0 Å². The predicted octanol–water partition coefficient (Wildman–Crippen LogP) is 10.9. The Bertz CT molecular complexity index is 2180. The van der Waals surface area contributed by atoms with Gasteiger partial charge in [-0.25, -0.2) is 4.79 Å². The number of aliphatic hydroxyl groups is 2. The second kappa shape index (κ2) is 23.6. The first kappa shape index (κ1) is 47.5. The zero-order valence-corrected chi connectivity index (χ0v) is 38.0. The highest BCUT2D eigenvalue weighted by molar-refractivity contribution is 6.03. The van der Waals surface area contributed by atoms with Gasteiger partial charge in [-0.3, -0.25) is 4.90 Å².